The Bertz CT molecular complexity index is 856. The van der Waals surface area contributed by atoms with E-state index in [-0.39, 0.29) is 19.4 Å². The van der Waals surface area contributed by atoms with Gasteiger partial charge in [0.15, 0.2) is 6.10 Å². The number of aliphatic hydroxyl groups is 1. The van der Waals surface area contributed by atoms with E-state index in [1.165, 1.54) is 11.0 Å². The molecule has 0 radical (unpaired) electrons. The lowest BCUT2D eigenvalue weighted by molar-refractivity contribution is -0.200. The van der Waals surface area contributed by atoms with Gasteiger partial charge in [0, 0.05) is 18.3 Å². The molecule has 1 aliphatic rings. The van der Waals surface area contributed by atoms with Crippen LogP contribution in [0.5, 0.6) is 11.5 Å². The van der Waals surface area contributed by atoms with Gasteiger partial charge in [0.2, 0.25) is 0 Å². The van der Waals surface area contributed by atoms with Crippen molar-refractivity contribution in [1.82, 2.24) is 0 Å². The van der Waals surface area contributed by atoms with Gasteiger partial charge in [-0.25, -0.2) is 0 Å². The molecule has 0 bridgehead atoms. The Balaban J connectivity index is 1.80. The van der Waals surface area contributed by atoms with Gasteiger partial charge in [-0.05, 0) is 49.4 Å². The highest BCUT2D eigenvalue weighted by molar-refractivity contribution is 5.52. The fourth-order valence-corrected chi connectivity index (χ4v) is 4.03. The van der Waals surface area contributed by atoms with Gasteiger partial charge in [0.05, 0.1) is 12.5 Å². The van der Waals surface area contributed by atoms with E-state index in [2.05, 4.69) is 0 Å². The number of nitrogens with zero attached hydrogens (tertiary/aromatic N) is 1. The molecule has 0 spiro atoms. The first-order valence-electron chi connectivity index (χ1n) is 10.4. The van der Waals surface area contributed by atoms with Crippen molar-refractivity contribution in [2.75, 3.05) is 18.0 Å². The topological polar surface area (TPSA) is 32.7 Å². The Labute approximate surface area is 182 Å². The molecule has 2 aromatic carbocycles. The molecule has 0 heterocycles. The van der Waals surface area contributed by atoms with Gasteiger partial charge >= 0.3 is 12.4 Å². The Kier molecular flexibility index (Phi) is 7.59. The summed E-state index contributed by atoms with van der Waals surface area (Å²) in [5.41, 5.74) is 0.343. The fraction of sp³-hybridized carbons (Fsp3) is 0.478. The zero-order chi connectivity index (χ0) is 23.4. The summed E-state index contributed by atoms with van der Waals surface area (Å²) in [5, 5.41) is 9.65. The average Bonchev–Trinajstić information content (AvgIpc) is 2.73. The van der Waals surface area contributed by atoms with Crippen LogP contribution in [-0.2, 0) is 0 Å². The lowest BCUT2D eigenvalue weighted by Gasteiger charge is -2.36. The zero-order valence-electron chi connectivity index (χ0n) is 17.2. The quantitative estimate of drug-likeness (QED) is 0.473. The lowest BCUT2D eigenvalue weighted by atomic mass is 9.80. The molecule has 0 aromatic heterocycles. The summed E-state index contributed by atoms with van der Waals surface area (Å²) in [7, 11) is 0. The third-order valence-corrected chi connectivity index (χ3v) is 5.66. The Morgan fingerprint density at radius 3 is 2.28 bits per heavy atom. The van der Waals surface area contributed by atoms with Crippen molar-refractivity contribution in [3.05, 3.63) is 54.6 Å². The first-order valence-corrected chi connectivity index (χ1v) is 10.4. The molecule has 3 unspecified atom stereocenters. The van der Waals surface area contributed by atoms with Gasteiger partial charge in [-0.3, -0.25) is 0 Å². The number of para-hydroxylation sites is 1. The summed E-state index contributed by atoms with van der Waals surface area (Å²) >= 11 is 0. The van der Waals surface area contributed by atoms with E-state index in [0.717, 1.165) is 0 Å². The van der Waals surface area contributed by atoms with E-state index in [0.29, 0.717) is 30.0 Å². The molecule has 1 aliphatic carbocycles. The van der Waals surface area contributed by atoms with Crippen LogP contribution in [0.4, 0.5) is 32.0 Å². The molecule has 3 nitrogen and oxygen atoms in total. The lowest BCUT2D eigenvalue weighted by Crippen LogP contribution is -2.44. The molecule has 3 rings (SSSR count). The molecule has 1 fully saturated rings. The maximum Gasteiger partial charge on any atom is 0.416 e. The van der Waals surface area contributed by atoms with E-state index in [1.54, 1.807) is 42.5 Å². The number of benzene rings is 2. The highest BCUT2D eigenvalue weighted by atomic mass is 19.4. The summed E-state index contributed by atoms with van der Waals surface area (Å²) in [4.78, 5) is 1.30. The monoisotopic (exact) mass is 461 g/mol. The van der Waals surface area contributed by atoms with Gasteiger partial charge < -0.3 is 14.7 Å². The van der Waals surface area contributed by atoms with Gasteiger partial charge in [0.25, 0.3) is 0 Å². The van der Waals surface area contributed by atoms with Gasteiger partial charge in [-0.1, -0.05) is 30.7 Å². The Morgan fingerprint density at radius 1 is 0.938 bits per heavy atom. The Morgan fingerprint density at radius 2 is 1.62 bits per heavy atom. The number of anilines is 1. The van der Waals surface area contributed by atoms with Crippen LogP contribution in [0.15, 0.2) is 54.6 Å². The highest BCUT2D eigenvalue weighted by Gasteiger charge is 2.43. The predicted molar refractivity (Wildman–Crippen MR) is 109 cm³/mol. The minimum Gasteiger partial charge on any atom is -0.457 e. The van der Waals surface area contributed by atoms with Crippen LogP contribution in [0.2, 0.25) is 0 Å². The SMILES string of the molecule is OC(CN(CC1CCCC(C(F)(F)F)C1)c1cccc(Oc2ccccc2)c1)C(F)(F)F. The number of aliphatic hydroxyl groups excluding tert-OH is 1. The number of ether oxygens (including phenoxy) is 1. The van der Waals surface area contributed by atoms with E-state index in [1.807, 2.05) is 6.07 Å². The number of alkyl halides is 6. The molecule has 3 atom stereocenters. The molecule has 32 heavy (non-hydrogen) atoms. The second-order valence-corrected chi connectivity index (χ2v) is 8.15. The average molecular weight is 461 g/mol. The summed E-state index contributed by atoms with van der Waals surface area (Å²) in [5.74, 6) is -0.985. The zero-order valence-corrected chi connectivity index (χ0v) is 17.2. The van der Waals surface area contributed by atoms with E-state index in [4.69, 9.17) is 4.74 Å². The summed E-state index contributed by atoms with van der Waals surface area (Å²) in [6, 6.07) is 15.1. The van der Waals surface area contributed by atoms with Crippen molar-refractivity contribution in [3.63, 3.8) is 0 Å². The minimum atomic E-state index is -4.84. The number of hydrogen-bond acceptors (Lipinski definition) is 3. The van der Waals surface area contributed by atoms with Crippen molar-refractivity contribution in [2.45, 2.75) is 44.1 Å². The Hall–Kier alpha value is -2.42. The van der Waals surface area contributed by atoms with E-state index in [9.17, 15) is 31.4 Å². The number of rotatable bonds is 7. The molecular weight excluding hydrogens is 436 g/mol. The van der Waals surface area contributed by atoms with Gasteiger partial charge in [-0.2, -0.15) is 26.3 Å². The summed E-state index contributed by atoms with van der Waals surface area (Å²) in [6.45, 7) is -0.792. The molecule has 2 aromatic rings. The van der Waals surface area contributed by atoms with Crippen LogP contribution in [0.3, 0.4) is 0 Å². The van der Waals surface area contributed by atoms with Crippen LogP contribution in [0, 0.1) is 11.8 Å². The largest absolute Gasteiger partial charge is 0.457 e. The van der Waals surface area contributed by atoms with Crippen LogP contribution < -0.4 is 9.64 Å². The van der Waals surface area contributed by atoms with Crippen molar-refractivity contribution >= 4 is 5.69 Å². The second-order valence-electron chi connectivity index (χ2n) is 8.15. The first kappa shape index (κ1) is 24.2. The predicted octanol–water partition coefficient (Wildman–Crippen LogP) is 6.58. The molecule has 1 saturated carbocycles. The number of hydrogen-bond donors (Lipinski definition) is 1. The van der Waals surface area contributed by atoms with Gasteiger partial charge in [0.1, 0.15) is 11.5 Å². The molecule has 0 aliphatic heterocycles. The third kappa shape index (κ3) is 6.79. The fourth-order valence-electron chi connectivity index (χ4n) is 4.03. The minimum absolute atomic E-state index is 0.0193. The molecule has 0 amide bonds. The molecule has 176 valence electrons. The van der Waals surface area contributed by atoms with Crippen LogP contribution in [0.25, 0.3) is 0 Å². The van der Waals surface area contributed by atoms with Crippen molar-refractivity contribution < 1.29 is 36.2 Å². The molecule has 1 N–H and O–H groups in total. The smallest absolute Gasteiger partial charge is 0.416 e. The third-order valence-electron chi connectivity index (χ3n) is 5.66. The molecular formula is C23H25F6NO2. The maximum atomic E-state index is 13.2. The van der Waals surface area contributed by atoms with Gasteiger partial charge in [-0.15, -0.1) is 0 Å². The van der Waals surface area contributed by atoms with Crippen LogP contribution in [0.1, 0.15) is 25.7 Å². The van der Waals surface area contributed by atoms with Crippen molar-refractivity contribution in [3.8, 4) is 11.5 Å². The van der Waals surface area contributed by atoms with Crippen LogP contribution in [-0.4, -0.2) is 36.7 Å². The van der Waals surface area contributed by atoms with Crippen LogP contribution >= 0.6 is 0 Å². The van der Waals surface area contributed by atoms with E-state index >= 15 is 0 Å². The van der Waals surface area contributed by atoms with E-state index < -0.39 is 36.8 Å². The standard InChI is InChI=1S/C23H25F6NO2/c24-22(25,26)17-7-4-6-16(12-17)14-30(15-21(31)23(27,28)29)18-8-5-11-20(13-18)32-19-9-2-1-3-10-19/h1-3,5,8-11,13,16-17,21,31H,4,6-7,12,14-15H2. The normalized spacial score (nSPS) is 20.6. The summed E-state index contributed by atoms with van der Waals surface area (Å²) < 4.78 is 84.4. The molecule has 9 heteroatoms. The maximum absolute atomic E-state index is 13.2. The molecule has 0 saturated heterocycles. The van der Waals surface area contributed by atoms with Crippen molar-refractivity contribution in [1.29, 1.82) is 0 Å². The highest BCUT2D eigenvalue weighted by Crippen LogP contribution is 2.41. The summed E-state index contributed by atoms with van der Waals surface area (Å²) in [6.07, 6.45) is -11.0. The first-order chi connectivity index (χ1) is 15.0. The number of halogens is 6. The second kappa shape index (κ2) is 10.0. The van der Waals surface area contributed by atoms with Crippen molar-refractivity contribution in [2.24, 2.45) is 11.8 Å².